The average Bonchev–Trinajstić information content (AvgIpc) is 2.96. The SMILES string of the molecule is CN=C(NCc1ccco1)NC(C)c1ccc(Cl)cc1Cl.I. The molecule has 0 saturated heterocycles. The van der Waals surface area contributed by atoms with Gasteiger partial charge in [0.1, 0.15) is 5.76 Å². The minimum absolute atomic E-state index is 0. The standard InChI is InChI=1S/C15H17Cl2N3O.HI/c1-10(13-6-5-11(16)8-14(13)17)20-15(18-2)19-9-12-4-3-7-21-12;/h3-8,10H,9H2,1-2H3,(H2,18,19,20);1H. The number of furan rings is 1. The van der Waals surface area contributed by atoms with E-state index in [4.69, 9.17) is 27.6 Å². The molecule has 2 aromatic rings. The van der Waals surface area contributed by atoms with Crippen LogP contribution < -0.4 is 10.6 Å². The van der Waals surface area contributed by atoms with Crippen LogP contribution in [0.4, 0.5) is 0 Å². The van der Waals surface area contributed by atoms with E-state index < -0.39 is 0 Å². The van der Waals surface area contributed by atoms with Crippen molar-refractivity contribution in [2.75, 3.05) is 7.05 Å². The zero-order valence-corrected chi connectivity index (χ0v) is 16.1. The summed E-state index contributed by atoms with van der Waals surface area (Å²) in [7, 11) is 1.72. The molecule has 1 aromatic carbocycles. The third kappa shape index (κ3) is 5.37. The summed E-state index contributed by atoms with van der Waals surface area (Å²) in [5.41, 5.74) is 0.960. The predicted molar refractivity (Wildman–Crippen MR) is 102 cm³/mol. The first-order valence-electron chi connectivity index (χ1n) is 6.54. The highest BCUT2D eigenvalue weighted by Gasteiger charge is 2.11. The highest BCUT2D eigenvalue weighted by molar-refractivity contribution is 14.0. The molecule has 0 aliphatic carbocycles. The Kier molecular flexibility index (Phi) is 8.06. The van der Waals surface area contributed by atoms with Crippen molar-refractivity contribution in [3.8, 4) is 0 Å². The van der Waals surface area contributed by atoms with Gasteiger partial charge in [0.05, 0.1) is 18.8 Å². The molecule has 120 valence electrons. The average molecular weight is 454 g/mol. The lowest BCUT2D eigenvalue weighted by Crippen LogP contribution is -2.38. The second-order valence-corrected chi connectivity index (χ2v) is 5.38. The summed E-state index contributed by atoms with van der Waals surface area (Å²) in [5, 5.41) is 7.70. The summed E-state index contributed by atoms with van der Waals surface area (Å²) in [6, 6.07) is 9.21. The van der Waals surface area contributed by atoms with E-state index in [0.29, 0.717) is 22.5 Å². The van der Waals surface area contributed by atoms with Gasteiger partial charge in [0.25, 0.3) is 0 Å². The molecule has 1 heterocycles. The van der Waals surface area contributed by atoms with Crippen LogP contribution in [-0.2, 0) is 6.54 Å². The molecule has 0 fully saturated rings. The highest BCUT2D eigenvalue weighted by Crippen LogP contribution is 2.25. The van der Waals surface area contributed by atoms with Crippen molar-refractivity contribution in [3.05, 3.63) is 58.0 Å². The predicted octanol–water partition coefficient (Wildman–Crippen LogP) is 4.63. The molecule has 1 atom stereocenters. The fraction of sp³-hybridized carbons (Fsp3) is 0.267. The third-order valence-corrected chi connectivity index (χ3v) is 3.58. The van der Waals surface area contributed by atoms with E-state index in [-0.39, 0.29) is 30.0 Å². The molecule has 2 rings (SSSR count). The molecular weight excluding hydrogens is 436 g/mol. The maximum Gasteiger partial charge on any atom is 0.191 e. The van der Waals surface area contributed by atoms with Crippen molar-refractivity contribution in [1.29, 1.82) is 0 Å². The molecule has 4 nitrogen and oxygen atoms in total. The third-order valence-electron chi connectivity index (χ3n) is 3.02. The van der Waals surface area contributed by atoms with Crippen LogP contribution >= 0.6 is 47.2 Å². The summed E-state index contributed by atoms with van der Waals surface area (Å²) in [6.07, 6.45) is 1.64. The molecule has 0 radical (unpaired) electrons. The van der Waals surface area contributed by atoms with Crippen molar-refractivity contribution >= 4 is 53.1 Å². The smallest absolute Gasteiger partial charge is 0.191 e. The zero-order valence-electron chi connectivity index (χ0n) is 12.3. The number of guanidine groups is 1. The molecular formula is C15H18Cl2IN3O. The van der Waals surface area contributed by atoms with E-state index in [1.54, 1.807) is 19.4 Å². The number of hydrogen-bond acceptors (Lipinski definition) is 2. The lowest BCUT2D eigenvalue weighted by molar-refractivity contribution is 0.500. The van der Waals surface area contributed by atoms with Crippen LogP contribution in [0.5, 0.6) is 0 Å². The van der Waals surface area contributed by atoms with E-state index in [1.165, 1.54) is 0 Å². The number of aliphatic imine (C=N–C) groups is 1. The Morgan fingerprint density at radius 3 is 2.68 bits per heavy atom. The van der Waals surface area contributed by atoms with Crippen molar-refractivity contribution in [1.82, 2.24) is 10.6 Å². The van der Waals surface area contributed by atoms with Crippen LogP contribution in [-0.4, -0.2) is 13.0 Å². The number of hydrogen-bond donors (Lipinski definition) is 2. The first-order chi connectivity index (χ1) is 10.1. The van der Waals surface area contributed by atoms with E-state index in [2.05, 4.69) is 15.6 Å². The Morgan fingerprint density at radius 1 is 1.32 bits per heavy atom. The van der Waals surface area contributed by atoms with Gasteiger partial charge in [0.2, 0.25) is 0 Å². The number of halogens is 3. The van der Waals surface area contributed by atoms with Crippen molar-refractivity contribution in [2.45, 2.75) is 19.5 Å². The molecule has 0 aliphatic heterocycles. The summed E-state index contributed by atoms with van der Waals surface area (Å²) in [5.74, 6) is 1.51. The van der Waals surface area contributed by atoms with Crippen LogP contribution in [0.25, 0.3) is 0 Å². The largest absolute Gasteiger partial charge is 0.467 e. The maximum absolute atomic E-state index is 6.21. The lowest BCUT2D eigenvalue weighted by atomic mass is 10.1. The summed E-state index contributed by atoms with van der Waals surface area (Å²) in [6.45, 7) is 2.57. The van der Waals surface area contributed by atoms with Gasteiger partial charge in [0.15, 0.2) is 5.96 Å². The Labute approximate surface area is 157 Å². The first kappa shape index (κ1) is 19.1. The number of nitrogens with zero attached hydrogens (tertiary/aromatic N) is 1. The second-order valence-electron chi connectivity index (χ2n) is 4.54. The Balaban J connectivity index is 0.00000242. The topological polar surface area (TPSA) is 49.6 Å². The van der Waals surface area contributed by atoms with Crippen LogP contribution in [0.3, 0.4) is 0 Å². The van der Waals surface area contributed by atoms with Crippen LogP contribution in [0.15, 0.2) is 46.0 Å². The molecule has 0 aliphatic rings. The molecule has 2 N–H and O–H groups in total. The fourth-order valence-electron chi connectivity index (χ4n) is 1.91. The van der Waals surface area contributed by atoms with E-state index in [9.17, 15) is 0 Å². The number of benzene rings is 1. The Hall–Kier alpha value is -0.920. The van der Waals surface area contributed by atoms with Gasteiger partial charge in [-0.15, -0.1) is 24.0 Å². The molecule has 0 amide bonds. The molecule has 1 aromatic heterocycles. The summed E-state index contributed by atoms with van der Waals surface area (Å²) >= 11 is 12.1. The molecule has 0 saturated carbocycles. The zero-order chi connectivity index (χ0) is 15.2. The quantitative estimate of drug-likeness (QED) is 0.403. The number of rotatable bonds is 4. The molecule has 7 heteroatoms. The highest BCUT2D eigenvalue weighted by atomic mass is 127. The number of nitrogens with one attached hydrogen (secondary N) is 2. The fourth-order valence-corrected chi connectivity index (χ4v) is 2.49. The van der Waals surface area contributed by atoms with E-state index in [1.807, 2.05) is 31.2 Å². The minimum atomic E-state index is -0.00225. The maximum atomic E-state index is 6.21. The van der Waals surface area contributed by atoms with Gasteiger partial charge in [0, 0.05) is 17.1 Å². The second kappa shape index (κ2) is 9.27. The van der Waals surface area contributed by atoms with Gasteiger partial charge in [-0.2, -0.15) is 0 Å². The van der Waals surface area contributed by atoms with Crippen molar-refractivity contribution < 1.29 is 4.42 Å². The summed E-state index contributed by atoms with van der Waals surface area (Å²) in [4.78, 5) is 4.18. The Bertz CT molecular complexity index is 617. The molecule has 22 heavy (non-hydrogen) atoms. The monoisotopic (exact) mass is 453 g/mol. The van der Waals surface area contributed by atoms with Gasteiger partial charge in [-0.25, -0.2) is 0 Å². The van der Waals surface area contributed by atoms with Gasteiger partial charge >= 0.3 is 0 Å². The normalized spacial score (nSPS) is 12.5. The van der Waals surface area contributed by atoms with Gasteiger partial charge < -0.3 is 15.1 Å². The first-order valence-corrected chi connectivity index (χ1v) is 7.30. The summed E-state index contributed by atoms with van der Waals surface area (Å²) < 4.78 is 5.27. The van der Waals surface area contributed by atoms with Crippen LogP contribution in [0, 0.1) is 0 Å². The minimum Gasteiger partial charge on any atom is -0.467 e. The van der Waals surface area contributed by atoms with E-state index >= 15 is 0 Å². The van der Waals surface area contributed by atoms with E-state index in [0.717, 1.165) is 11.3 Å². The Morgan fingerprint density at radius 2 is 2.09 bits per heavy atom. The van der Waals surface area contributed by atoms with Crippen molar-refractivity contribution in [2.24, 2.45) is 4.99 Å². The van der Waals surface area contributed by atoms with Gasteiger partial charge in [-0.3, -0.25) is 4.99 Å². The van der Waals surface area contributed by atoms with Gasteiger partial charge in [-0.05, 0) is 36.8 Å². The van der Waals surface area contributed by atoms with Crippen LogP contribution in [0.1, 0.15) is 24.3 Å². The van der Waals surface area contributed by atoms with Gasteiger partial charge in [-0.1, -0.05) is 29.3 Å². The molecule has 1 unspecified atom stereocenters. The van der Waals surface area contributed by atoms with Crippen LogP contribution in [0.2, 0.25) is 10.0 Å². The lowest BCUT2D eigenvalue weighted by Gasteiger charge is -2.19. The molecule has 0 spiro atoms. The molecule has 0 bridgehead atoms. The van der Waals surface area contributed by atoms with Crippen molar-refractivity contribution in [3.63, 3.8) is 0 Å².